The first-order valence-corrected chi connectivity index (χ1v) is 6.02. The summed E-state index contributed by atoms with van der Waals surface area (Å²) in [7, 11) is 1.78. The van der Waals surface area contributed by atoms with Gasteiger partial charge in [-0.2, -0.15) is 5.10 Å². The molecule has 0 radical (unpaired) electrons. The lowest BCUT2D eigenvalue weighted by molar-refractivity contribution is 0.475. The molecule has 84 valence electrons. The number of hydrogen-bond donors (Lipinski definition) is 2. The van der Waals surface area contributed by atoms with Crippen LogP contribution in [-0.2, 0) is 7.05 Å². The van der Waals surface area contributed by atoms with Crippen molar-refractivity contribution in [2.45, 2.75) is 4.90 Å². The molecule has 0 bridgehead atoms. The van der Waals surface area contributed by atoms with Crippen molar-refractivity contribution in [1.82, 2.24) is 9.78 Å². The number of nitrogen functional groups attached to an aromatic ring is 1. The van der Waals surface area contributed by atoms with Gasteiger partial charge in [0.25, 0.3) is 0 Å². The number of rotatable bonds is 2. The van der Waals surface area contributed by atoms with Crippen molar-refractivity contribution in [3.8, 4) is 17.0 Å². The van der Waals surface area contributed by atoms with Gasteiger partial charge in [-0.15, -0.1) is 11.8 Å². The molecule has 1 heterocycles. The number of aromatic nitrogens is 2. The predicted molar refractivity (Wildman–Crippen MR) is 66.5 cm³/mol. The number of aryl methyl sites for hydroxylation is 1. The zero-order chi connectivity index (χ0) is 11.7. The number of hydrogen-bond acceptors (Lipinski definition) is 4. The second kappa shape index (κ2) is 4.09. The minimum absolute atomic E-state index is 0.227. The normalized spacial score (nSPS) is 10.6. The van der Waals surface area contributed by atoms with Crippen LogP contribution in [0.15, 0.2) is 29.2 Å². The third-order valence-corrected chi connectivity index (χ3v) is 3.18. The highest BCUT2D eigenvalue weighted by Gasteiger charge is 2.13. The molecule has 3 N–H and O–H groups in total. The first-order valence-electron chi connectivity index (χ1n) is 4.79. The summed E-state index contributed by atoms with van der Waals surface area (Å²) in [6, 6.07) is 7.18. The number of thioether (sulfide) groups is 1. The molecule has 0 spiro atoms. The summed E-state index contributed by atoms with van der Waals surface area (Å²) in [4.78, 5) is 0.984. The summed E-state index contributed by atoms with van der Waals surface area (Å²) in [6.07, 6.45) is 1.96. The fourth-order valence-corrected chi connectivity index (χ4v) is 2.18. The molecule has 0 saturated heterocycles. The van der Waals surface area contributed by atoms with E-state index in [-0.39, 0.29) is 5.75 Å². The Labute approximate surface area is 98.1 Å². The van der Waals surface area contributed by atoms with E-state index in [1.165, 1.54) is 0 Å². The second-order valence-electron chi connectivity index (χ2n) is 3.43. The van der Waals surface area contributed by atoms with Gasteiger partial charge in [0.05, 0.1) is 11.3 Å². The number of nitrogens with zero attached hydrogens (tertiary/aromatic N) is 2. The lowest BCUT2D eigenvalue weighted by atomic mass is 10.1. The molecule has 5 heteroatoms. The van der Waals surface area contributed by atoms with Crippen molar-refractivity contribution in [3.05, 3.63) is 24.3 Å². The van der Waals surface area contributed by atoms with Gasteiger partial charge in [-0.25, -0.2) is 0 Å². The molecular weight excluding hydrogens is 222 g/mol. The molecule has 0 fully saturated rings. The molecule has 2 aromatic rings. The van der Waals surface area contributed by atoms with E-state index in [2.05, 4.69) is 5.10 Å². The highest BCUT2D eigenvalue weighted by atomic mass is 32.2. The third kappa shape index (κ3) is 1.74. The highest BCUT2D eigenvalue weighted by Crippen LogP contribution is 2.36. The van der Waals surface area contributed by atoms with Gasteiger partial charge >= 0.3 is 0 Å². The van der Waals surface area contributed by atoms with Gasteiger partial charge in [-0.05, 0) is 18.4 Å². The van der Waals surface area contributed by atoms with Crippen LogP contribution in [0, 0.1) is 0 Å². The van der Waals surface area contributed by atoms with E-state index < -0.39 is 0 Å². The van der Waals surface area contributed by atoms with E-state index in [9.17, 15) is 5.11 Å². The summed E-state index contributed by atoms with van der Waals surface area (Å²) in [5.41, 5.74) is 7.17. The summed E-state index contributed by atoms with van der Waals surface area (Å²) in [5.74, 6) is 0.801. The second-order valence-corrected chi connectivity index (χ2v) is 4.28. The highest BCUT2D eigenvalue weighted by molar-refractivity contribution is 7.98. The van der Waals surface area contributed by atoms with Gasteiger partial charge in [0.1, 0.15) is 11.6 Å². The van der Waals surface area contributed by atoms with Gasteiger partial charge in [0.2, 0.25) is 0 Å². The van der Waals surface area contributed by atoms with Crippen molar-refractivity contribution in [1.29, 1.82) is 0 Å². The number of nitrogens with two attached hydrogens (primary N) is 1. The number of phenolic OH excluding ortho intramolecular Hbond substituents is 1. The maximum atomic E-state index is 9.87. The van der Waals surface area contributed by atoms with Gasteiger partial charge in [-0.1, -0.05) is 6.07 Å². The molecule has 0 saturated carbocycles. The van der Waals surface area contributed by atoms with Crippen molar-refractivity contribution in [2.75, 3.05) is 12.0 Å². The summed E-state index contributed by atoms with van der Waals surface area (Å²) < 4.78 is 1.59. The lowest BCUT2D eigenvalue weighted by Crippen LogP contribution is -1.96. The molecule has 0 unspecified atom stereocenters. The van der Waals surface area contributed by atoms with E-state index in [1.54, 1.807) is 35.6 Å². The average molecular weight is 235 g/mol. The van der Waals surface area contributed by atoms with Crippen LogP contribution < -0.4 is 5.73 Å². The Hall–Kier alpha value is -1.62. The van der Waals surface area contributed by atoms with E-state index in [0.29, 0.717) is 11.5 Å². The zero-order valence-electron chi connectivity index (χ0n) is 9.14. The largest absolute Gasteiger partial charge is 0.507 e. The number of benzene rings is 1. The minimum Gasteiger partial charge on any atom is -0.507 e. The van der Waals surface area contributed by atoms with Crippen LogP contribution in [0.4, 0.5) is 5.82 Å². The summed E-state index contributed by atoms with van der Waals surface area (Å²) >= 11 is 1.57. The number of phenols is 1. The maximum Gasteiger partial charge on any atom is 0.126 e. The van der Waals surface area contributed by atoms with Gasteiger partial charge in [0.15, 0.2) is 0 Å². The molecule has 0 aliphatic carbocycles. The molecule has 1 aromatic carbocycles. The van der Waals surface area contributed by atoms with Gasteiger partial charge in [-0.3, -0.25) is 4.68 Å². The van der Waals surface area contributed by atoms with E-state index in [0.717, 1.165) is 10.5 Å². The Balaban J connectivity index is 2.62. The SMILES string of the molecule is CSc1cccc(O)c1-c1cc(N)n(C)n1. The Morgan fingerprint density at radius 1 is 1.44 bits per heavy atom. The minimum atomic E-state index is 0.227. The maximum absolute atomic E-state index is 9.87. The quantitative estimate of drug-likeness (QED) is 0.782. The van der Waals surface area contributed by atoms with Crippen LogP contribution in [0.2, 0.25) is 0 Å². The van der Waals surface area contributed by atoms with Crippen molar-refractivity contribution >= 4 is 17.6 Å². The smallest absolute Gasteiger partial charge is 0.126 e. The van der Waals surface area contributed by atoms with Crippen LogP contribution in [0.25, 0.3) is 11.3 Å². The monoisotopic (exact) mass is 235 g/mol. The van der Waals surface area contributed by atoms with E-state index >= 15 is 0 Å². The topological polar surface area (TPSA) is 64.1 Å². The summed E-state index contributed by atoms with van der Waals surface area (Å²) in [6.45, 7) is 0. The van der Waals surface area contributed by atoms with Crippen LogP contribution in [0.3, 0.4) is 0 Å². The fourth-order valence-electron chi connectivity index (χ4n) is 1.55. The molecule has 0 atom stereocenters. The van der Waals surface area contributed by atoms with Crippen molar-refractivity contribution in [2.24, 2.45) is 7.05 Å². The lowest BCUT2D eigenvalue weighted by Gasteiger charge is -2.06. The summed E-state index contributed by atoms with van der Waals surface area (Å²) in [5, 5.41) is 14.1. The van der Waals surface area contributed by atoms with Crippen LogP contribution in [0.1, 0.15) is 0 Å². The van der Waals surface area contributed by atoms with Crippen molar-refractivity contribution in [3.63, 3.8) is 0 Å². The van der Waals surface area contributed by atoms with Crippen LogP contribution in [-0.4, -0.2) is 21.1 Å². The standard InChI is InChI=1S/C11H13N3OS/c1-14-10(12)6-7(13-14)11-8(15)4-3-5-9(11)16-2/h3-6,15H,12H2,1-2H3. The van der Waals surface area contributed by atoms with E-state index in [4.69, 9.17) is 5.73 Å². The van der Waals surface area contributed by atoms with Gasteiger partial charge in [0, 0.05) is 18.0 Å². The molecule has 4 nitrogen and oxygen atoms in total. The molecule has 16 heavy (non-hydrogen) atoms. The molecule has 2 rings (SSSR count). The molecule has 0 amide bonds. The van der Waals surface area contributed by atoms with Crippen LogP contribution in [0.5, 0.6) is 5.75 Å². The first kappa shape index (κ1) is 10.9. The molecule has 0 aliphatic heterocycles. The average Bonchev–Trinajstić information content (AvgIpc) is 2.58. The molecule has 0 aliphatic rings. The zero-order valence-corrected chi connectivity index (χ0v) is 9.95. The van der Waals surface area contributed by atoms with E-state index in [1.807, 2.05) is 18.4 Å². The number of anilines is 1. The fraction of sp³-hybridized carbons (Fsp3) is 0.182. The van der Waals surface area contributed by atoms with Crippen LogP contribution >= 0.6 is 11.8 Å². The van der Waals surface area contributed by atoms with Gasteiger partial charge < -0.3 is 10.8 Å². The Kier molecular flexibility index (Phi) is 2.78. The van der Waals surface area contributed by atoms with Crippen molar-refractivity contribution < 1.29 is 5.11 Å². The Morgan fingerprint density at radius 2 is 2.19 bits per heavy atom. The molecular formula is C11H13N3OS. The Morgan fingerprint density at radius 3 is 2.75 bits per heavy atom. The predicted octanol–water partition coefficient (Wildman–Crippen LogP) is 2.10. The first-order chi connectivity index (χ1) is 7.63. The Bertz CT molecular complexity index is 502. The molecule has 1 aromatic heterocycles. The third-order valence-electron chi connectivity index (χ3n) is 2.40. The number of aromatic hydroxyl groups is 1.